The summed E-state index contributed by atoms with van der Waals surface area (Å²) in [7, 11) is 1.37. The summed E-state index contributed by atoms with van der Waals surface area (Å²) in [5, 5.41) is 3.10. The van der Waals surface area contributed by atoms with Crippen LogP contribution in [-0.4, -0.2) is 44.4 Å². The molecule has 3 nitrogen and oxygen atoms in total. The third-order valence-corrected chi connectivity index (χ3v) is 3.57. The second kappa shape index (κ2) is 6.62. The van der Waals surface area contributed by atoms with Gasteiger partial charge in [-0.05, 0) is 18.2 Å². The van der Waals surface area contributed by atoms with Gasteiger partial charge in [-0.15, -0.1) is 0 Å². The summed E-state index contributed by atoms with van der Waals surface area (Å²) in [6.45, 7) is 2.21. The van der Waals surface area contributed by atoms with Gasteiger partial charge in [0.1, 0.15) is 11.6 Å². The molecule has 0 spiro atoms. The number of hydrogen-bond donors (Lipinski definition) is 1. The van der Waals surface area contributed by atoms with Crippen molar-refractivity contribution in [1.29, 1.82) is 0 Å². The Balaban J connectivity index is 2.35. The van der Waals surface area contributed by atoms with Crippen molar-refractivity contribution in [2.24, 2.45) is 0 Å². The SMILES string of the molecule is COc1ccc(F)cc1[C@H](CC(F)(F)F)N1CCNCC1. The van der Waals surface area contributed by atoms with Gasteiger partial charge in [0, 0.05) is 37.8 Å². The van der Waals surface area contributed by atoms with Crippen LogP contribution in [0.3, 0.4) is 0 Å². The molecule has 0 bridgehead atoms. The number of rotatable bonds is 4. The maximum Gasteiger partial charge on any atom is 0.390 e. The summed E-state index contributed by atoms with van der Waals surface area (Å²) < 4.78 is 57.3. The number of halogens is 4. The van der Waals surface area contributed by atoms with Crippen LogP contribution in [0.15, 0.2) is 18.2 Å². The molecule has 21 heavy (non-hydrogen) atoms. The van der Waals surface area contributed by atoms with E-state index in [9.17, 15) is 17.6 Å². The highest BCUT2D eigenvalue weighted by molar-refractivity contribution is 5.36. The highest BCUT2D eigenvalue weighted by Gasteiger charge is 2.37. The minimum Gasteiger partial charge on any atom is -0.496 e. The zero-order chi connectivity index (χ0) is 15.5. The summed E-state index contributed by atoms with van der Waals surface area (Å²) in [6, 6.07) is 2.76. The van der Waals surface area contributed by atoms with Crippen LogP contribution < -0.4 is 10.1 Å². The lowest BCUT2D eigenvalue weighted by Crippen LogP contribution is -2.46. The van der Waals surface area contributed by atoms with E-state index in [0.29, 0.717) is 26.2 Å². The first-order valence-corrected chi connectivity index (χ1v) is 6.75. The molecular formula is C14H18F4N2O. The Hall–Kier alpha value is -1.34. The molecule has 7 heteroatoms. The molecule has 1 aromatic rings. The highest BCUT2D eigenvalue weighted by atomic mass is 19.4. The van der Waals surface area contributed by atoms with Crippen molar-refractivity contribution in [3.8, 4) is 5.75 Å². The van der Waals surface area contributed by atoms with Crippen LogP contribution in [0.5, 0.6) is 5.75 Å². The van der Waals surface area contributed by atoms with Gasteiger partial charge in [0.15, 0.2) is 0 Å². The van der Waals surface area contributed by atoms with Crippen LogP contribution >= 0.6 is 0 Å². The Labute approximate surface area is 120 Å². The first kappa shape index (κ1) is 16.0. The molecule has 0 amide bonds. The van der Waals surface area contributed by atoms with Crippen LogP contribution in [0.2, 0.25) is 0 Å². The fourth-order valence-corrected chi connectivity index (χ4v) is 2.61. The van der Waals surface area contributed by atoms with Crippen molar-refractivity contribution >= 4 is 0 Å². The van der Waals surface area contributed by atoms with Crippen LogP contribution in [0.4, 0.5) is 17.6 Å². The Morgan fingerprint density at radius 1 is 1.29 bits per heavy atom. The molecule has 0 saturated carbocycles. The van der Waals surface area contributed by atoms with Gasteiger partial charge < -0.3 is 10.1 Å². The molecule has 1 N–H and O–H groups in total. The quantitative estimate of drug-likeness (QED) is 0.866. The molecule has 1 aliphatic heterocycles. The van der Waals surface area contributed by atoms with Crippen molar-refractivity contribution in [3.05, 3.63) is 29.6 Å². The van der Waals surface area contributed by atoms with Crippen molar-refractivity contribution in [2.75, 3.05) is 33.3 Å². The average molecular weight is 306 g/mol. The summed E-state index contributed by atoms with van der Waals surface area (Å²) in [6.07, 6.45) is -5.35. The number of alkyl halides is 3. The predicted molar refractivity (Wildman–Crippen MR) is 70.8 cm³/mol. The standard InChI is InChI=1S/C14H18F4N2O/c1-21-13-3-2-10(15)8-11(13)12(9-14(16,17)18)20-6-4-19-5-7-20/h2-3,8,12,19H,4-7,9H2,1H3/t12-/m0/s1. The molecule has 1 aromatic carbocycles. The maximum absolute atomic E-state index is 13.5. The monoisotopic (exact) mass is 306 g/mol. The van der Waals surface area contributed by atoms with E-state index in [1.54, 1.807) is 4.90 Å². The lowest BCUT2D eigenvalue weighted by atomic mass is 9.99. The molecule has 0 aromatic heterocycles. The van der Waals surface area contributed by atoms with Crippen molar-refractivity contribution in [1.82, 2.24) is 10.2 Å². The summed E-state index contributed by atoms with van der Waals surface area (Å²) in [4.78, 5) is 1.72. The van der Waals surface area contributed by atoms with Crippen LogP contribution in [0.1, 0.15) is 18.0 Å². The van der Waals surface area contributed by atoms with E-state index in [0.717, 1.165) is 6.07 Å². The van der Waals surface area contributed by atoms with Gasteiger partial charge in [0.05, 0.1) is 13.5 Å². The summed E-state index contributed by atoms with van der Waals surface area (Å²) in [5.74, 6) is -0.280. The molecule has 0 unspecified atom stereocenters. The molecule has 1 fully saturated rings. The normalized spacial score (nSPS) is 18.5. The second-order valence-corrected chi connectivity index (χ2v) is 5.01. The van der Waals surface area contributed by atoms with Crippen molar-refractivity contribution in [3.63, 3.8) is 0 Å². The van der Waals surface area contributed by atoms with E-state index >= 15 is 0 Å². The average Bonchev–Trinajstić information content (AvgIpc) is 2.45. The summed E-state index contributed by atoms with van der Waals surface area (Å²) >= 11 is 0. The highest BCUT2D eigenvalue weighted by Crippen LogP contribution is 2.38. The van der Waals surface area contributed by atoms with Gasteiger partial charge in [0.25, 0.3) is 0 Å². The molecule has 1 aliphatic rings. The largest absolute Gasteiger partial charge is 0.496 e. The fourth-order valence-electron chi connectivity index (χ4n) is 2.61. The maximum atomic E-state index is 13.5. The van der Waals surface area contributed by atoms with E-state index in [2.05, 4.69) is 5.32 Å². The number of ether oxygens (including phenoxy) is 1. The smallest absolute Gasteiger partial charge is 0.390 e. The van der Waals surface area contributed by atoms with Crippen molar-refractivity contribution < 1.29 is 22.3 Å². The zero-order valence-electron chi connectivity index (χ0n) is 11.7. The van der Waals surface area contributed by atoms with Gasteiger partial charge in [-0.1, -0.05) is 0 Å². The molecule has 2 rings (SSSR count). The van der Waals surface area contributed by atoms with Gasteiger partial charge >= 0.3 is 6.18 Å². The minimum absolute atomic E-state index is 0.247. The molecule has 1 heterocycles. The summed E-state index contributed by atoms with van der Waals surface area (Å²) in [5.41, 5.74) is 0.247. The second-order valence-electron chi connectivity index (χ2n) is 5.01. The van der Waals surface area contributed by atoms with E-state index < -0.39 is 24.5 Å². The Bertz CT molecular complexity index is 473. The number of nitrogens with one attached hydrogen (secondary N) is 1. The van der Waals surface area contributed by atoms with Crippen molar-refractivity contribution in [2.45, 2.75) is 18.6 Å². The van der Waals surface area contributed by atoms with E-state index in [1.165, 1.54) is 19.2 Å². The lowest BCUT2D eigenvalue weighted by molar-refractivity contribution is -0.148. The number of benzene rings is 1. The molecular weight excluding hydrogens is 288 g/mol. The van der Waals surface area contributed by atoms with E-state index in [4.69, 9.17) is 4.74 Å². The number of methoxy groups -OCH3 is 1. The minimum atomic E-state index is -4.33. The van der Waals surface area contributed by atoms with Gasteiger partial charge in [-0.25, -0.2) is 4.39 Å². The lowest BCUT2D eigenvalue weighted by Gasteiger charge is -2.36. The number of hydrogen-bond acceptors (Lipinski definition) is 3. The molecule has 1 saturated heterocycles. The number of nitrogens with zero attached hydrogens (tertiary/aromatic N) is 1. The number of piperazine rings is 1. The Kier molecular flexibility index (Phi) is 5.05. The topological polar surface area (TPSA) is 24.5 Å². The molecule has 0 aliphatic carbocycles. The predicted octanol–water partition coefficient (Wildman–Crippen LogP) is 2.73. The fraction of sp³-hybridized carbons (Fsp3) is 0.571. The van der Waals surface area contributed by atoms with E-state index in [-0.39, 0.29) is 11.3 Å². The Morgan fingerprint density at radius 3 is 2.52 bits per heavy atom. The molecule has 1 atom stereocenters. The van der Waals surface area contributed by atoms with Gasteiger partial charge in [-0.3, -0.25) is 4.90 Å². The first-order chi connectivity index (χ1) is 9.90. The van der Waals surface area contributed by atoms with Crippen LogP contribution in [0, 0.1) is 5.82 Å². The third-order valence-electron chi connectivity index (χ3n) is 3.57. The van der Waals surface area contributed by atoms with Gasteiger partial charge in [0.2, 0.25) is 0 Å². The molecule has 118 valence electrons. The molecule has 0 radical (unpaired) electrons. The first-order valence-electron chi connectivity index (χ1n) is 6.75. The van der Waals surface area contributed by atoms with Crippen LogP contribution in [0.25, 0.3) is 0 Å². The zero-order valence-corrected chi connectivity index (χ0v) is 11.7. The van der Waals surface area contributed by atoms with E-state index in [1.807, 2.05) is 0 Å². The Morgan fingerprint density at radius 2 is 1.95 bits per heavy atom. The van der Waals surface area contributed by atoms with Gasteiger partial charge in [-0.2, -0.15) is 13.2 Å². The van der Waals surface area contributed by atoms with Crippen LogP contribution in [-0.2, 0) is 0 Å². The third kappa shape index (κ3) is 4.31.